The molecule has 0 saturated heterocycles. The van der Waals surface area contributed by atoms with Crippen LogP contribution in [0.4, 0.5) is 0 Å². The summed E-state index contributed by atoms with van der Waals surface area (Å²) in [7, 11) is 0. The van der Waals surface area contributed by atoms with Gasteiger partial charge in [-0.05, 0) is 18.3 Å². The van der Waals surface area contributed by atoms with E-state index in [1.54, 1.807) is 0 Å². The van der Waals surface area contributed by atoms with Crippen LogP contribution in [-0.4, -0.2) is 35.3 Å². The molecule has 19 heavy (non-hydrogen) atoms. The Kier molecular flexibility index (Phi) is 4.39. The monoisotopic (exact) mass is 268 g/mol. The molecule has 1 aliphatic carbocycles. The largest absolute Gasteiger partial charge is 0.477 e. The van der Waals surface area contributed by atoms with Gasteiger partial charge in [-0.1, -0.05) is 31.3 Å². The topological polar surface area (TPSA) is 88.0 Å². The van der Waals surface area contributed by atoms with E-state index in [2.05, 4.69) is 17.4 Å². The summed E-state index contributed by atoms with van der Waals surface area (Å²) in [5.41, 5.74) is -0.0915. The fraction of sp³-hybridized carbons (Fsp3) is 0.769. The van der Waals surface area contributed by atoms with E-state index in [0.717, 1.165) is 6.42 Å². The molecule has 0 bridgehead atoms. The number of hydrogen-bond donors (Lipinski definition) is 2. The summed E-state index contributed by atoms with van der Waals surface area (Å²) in [6.07, 6.45) is 4.10. The third kappa shape index (κ3) is 3.45. The molecule has 6 heteroatoms. The maximum atomic E-state index is 11.9. The van der Waals surface area contributed by atoms with Crippen molar-refractivity contribution in [3.63, 3.8) is 0 Å². The zero-order chi connectivity index (χ0) is 13.8. The number of aliphatic carboxylic acids is 1. The summed E-state index contributed by atoms with van der Waals surface area (Å²) in [6, 6.07) is 0. The van der Waals surface area contributed by atoms with Gasteiger partial charge in [-0.25, -0.2) is 4.79 Å². The Morgan fingerprint density at radius 2 is 2.16 bits per heavy atom. The van der Waals surface area contributed by atoms with Crippen LogP contribution in [0, 0.1) is 11.8 Å². The van der Waals surface area contributed by atoms with E-state index in [0.29, 0.717) is 18.4 Å². The highest BCUT2D eigenvalue weighted by molar-refractivity contribution is 6.36. The van der Waals surface area contributed by atoms with Crippen LogP contribution in [0.15, 0.2) is 5.16 Å². The first kappa shape index (κ1) is 13.8. The molecule has 2 N–H and O–H groups in total. The fourth-order valence-electron chi connectivity index (χ4n) is 2.69. The number of hydrogen-bond acceptors (Lipinski definition) is 4. The summed E-state index contributed by atoms with van der Waals surface area (Å²) >= 11 is 0. The van der Waals surface area contributed by atoms with Gasteiger partial charge in [0.05, 0.1) is 0 Å². The molecule has 2 aliphatic rings. The standard InChI is InChI=1S/C13H20N2O4/c1-8-4-2-3-5-9(8)7-14-12(16)11-6-10(13(17)18)15-19-11/h8-9,11H,2-7H2,1H3,(H,14,16)(H,17,18). The van der Waals surface area contributed by atoms with E-state index in [9.17, 15) is 9.59 Å². The van der Waals surface area contributed by atoms with Crippen molar-refractivity contribution in [1.29, 1.82) is 0 Å². The first-order valence-electron chi connectivity index (χ1n) is 6.81. The van der Waals surface area contributed by atoms with Gasteiger partial charge in [0.1, 0.15) is 0 Å². The van der Waals surface area contributed by atoms with E-state index in [1.165, 1.54) is 19.3 Å². The second-order valence-electron chi connectivity index (χ2n) is 5.41. The molecular weight excluding hydrogens is 248 g/mol. The summed E-state index contributed by atoms with van der Waals surface area (Å²) in [5.74, 6) is -0.252. The van der Waals surface area contributed by atoms with Gasteiger partial charge in [-0.2, -0.15) is 0 Å². The van der Waals surface area contributed by atoms with Crippen molar-refractivity contribution in [1.82, 2.24) is 5.32 Å². The number of carbonyl (C=O) groups is 2. The van der Waals surface area contributed by atoms with Crippen LogP contribution >= 0.6 is 0 Å². The molecule has 0 aromatic heterocycles. The molecule has 3 unspecified atom stereocenters. The SMILES string of the molecule is CC1CCCCC1CNC(=O)C1CC(C(=O)O)=NO1. The molecule has 0 radical (unpaired) electrons. The highest BCUT2D eigenvalue weighted by Gasteiger charge is 2.32. The Labute approximate surface area is 112 Å². The van der Waals surface area contributed by atoms with E-state index < -0.39 is 12.1 Å². The summed E-state index contributed by atoms with van der Waals surface area (Å²) in [5, 5.41) is 15.0. The quantitative estimate of drug-likeness (QED) is 0.800. The van der Waals surface area contributed by atoms with Crippen LogP contribution in [0.2, 0.25) is 0 Å². The molecule has 6 nitrogen and oxygen atoms in total. The Morgan fingerprint density at radius 1 is 1.42 bits per heavy atom. The molecule has 0 aromatic carbocycles. The number of nitrogens with one attached hydrogen (secondary N) is 1. The molecule has 106 valence electrons. The maximum Gasteiger partial charge on any atom is 0.353 e. The Bertz CT molecular complexity index is 394. The van der Waals surface area contributed by atoms with Crippen molar-refractivity contribution >= 4 is 17.6 Å². The third-order valence-electron chi connectivity index (χ3n) is 4.04. The van der Waals surface area contributed by atoms with Crippen molar-refractivity contribution in [3.8, 4) is 0 Å². The van der Waals surface area contributed by atoms with Crippen LogP contribution in [0.1, 0.15) is 39.0 Å². The number of carbonyl (C=O) groups excluding carboxylic acids is 1. The van der Waals surface area contributed by atoms with Crippen LogP contribution in [0.5, 0.6) is 0 Å². The molecule has 1 heterocycles. The minimum Gasteiger partial charge on any atom is -0.477 e. The first-order chi connectivity index (χ1) is 9.08. The summed E-state index contributed by atoms with van der Waals surface area (Å²) < 4.78 is 0. The Balaban J connectivity index is 1.75. The zero-order valence-corrected chi connectivity index (χ0v) is 11.1. The third-order valence-corrected chi connectivity index (χ3v) is 4.04. The van der Waals surface area contributed by atoms with Gasteiger partial charge < -0.3 is 15.3 Å². The summed E-state index contributed by atoms with van der Waals surface area (Å²) in [6.45, 7) is 2.86. The predicted molar refractivity (Wildman–Crippen MR) is 68.7 cm³/mol. The predicted octanol–water partition coefficient (Wildman–Crippen LogP) is 1.16. The lowest BCUT2D eigenvalue weighted by Gasteiger charge is -2.29. The molecule has 0 aromatic rings. The van der Waals surface area contributed by atoms with E-state index in [1.807, 2.05) is 0 Å². The first-order valence-corrected chi connectivity index (χ1v) is 6.81. The number of rotatable bonds is 4. The van der Waals surface area contributed by atoms with Crippen LogP contribution in [-0.2, 0) is 14.4 Å². The Morgan fingerprint density at radius 3 is 2.79 bits per heavy atom. The maximum absolute atomic E-state index is 11.9. The van der Waals surface area contributed by atoms with Crippen LogP contribution in [0.25, 0.3) is 0 Å². The van der Waals surface area contributed by atoms with E-state index >= 15 is 0 Å². The minimum atomic E-state index is -1.13. The number of oxime groups is 1. The number of amides is 1. The molecule has 1 amide bonds. The molecule has 1 saturated carbocycles. The zero-order valence-electron chi connectivity index (χ0n) is 11.1. The number of nitrogens with zero attached hydrogens (tertiary/aromatic N) is 1. The molecule has 1 aliphatic heterocycles. The number of carboxylic acid groups (broad SMARTS) is 1. The second kappa shape index (κ2) is 6.04. The number of carboxylic acids is 1. The summed E-state index contributed by atoms with van der Waals surface area (Å²) in [4.78, 5) is 27.4. The Hall–Kier alpha value is -1.59. The van der Waals surface area contributed by atoms with Crippen LogP contribution in [0.3, 0.4) is 0 Å². The molecule has 3 atom stereocenters. The highest BCUT2D eigenvalue weighted by Crippen LogP contribution is 2.28. The molecule has 2 rings (SSSR count). The normalized spacial score (nSPS) is 30.4. The van der Waals surface area contributed by atoms with Crippen molar-refractivity contribution < 1.29 is 19.5 Å². The second-order valence-corrected chi connectivity index (χ2v) is 5.41. The lowest BCUT2D eigenvalue weighted by Crippen LogP contribution is -2.39. The van der Waals surface area contributed by atoms with Gasteiger partial charge in [0.15, 0.2) is 5.71 Å². The van der Waals surface area contributed by atoms with Gasteiger partial charge in [0.2, 0.25) is 6.10 Å². The van der Waals surface area contributed by atoms with Crippen LogP contribution < -0.4 is 5.32 Å². The minimum absolute atomic E-state index is 0.0430. The van der Waals surface area contributed by atoms with Gasteiger partial charge in [-0.3, -0.25) is 4.79 Å². The highest BCUT2D eigenvalue weighted by atomic mass is 16.6. The molecular formula is C13H20N2O4. The van der Waals surface area contributed by atoms with Gasteiger partial charge in [0, 0.05) is 13.0 Å². The van der Waals surface area contributed by atoms with Gasteiger partial charge in [-0.15, -0.1) is 0 Å². The van der Waals surface area contributed by atoms with E-state index in [-0.39, 0.29) is 18.0 Å². The lowest BCUT2D eigenvalue weighted by molar-refractivity contribution is -0.131. The van der Waals surface area contributed by atoms with Gasteiger partial charge in [0.25, 0.3) is 5.91 Å². The molecule has 0 spiro atoms. The van der Waals surface area contributed by atoms with E-state index in [4.69, 9.17) is 9.94 Å². The smallest absolute Gasteiger partial charge is 0.353 e. The fourth-order valence-corrected chi connectivity index (χ4v) is 2.69. The average molecular weight is 268 g/mol. The average Bonchev–Trinajstić information content (AvgIpc) is 2.87. The molecule has 1 fully saturated rings. The van der Waals surface area contributed by atoms with Crippen molar-refractivity contribution in [3.05, 3.63) is 0 Å². The van der Waals surface area contributed by atoms with Crippen molar-refractivity contribution in [2.45, 2.75) is 45.1 Å². The van der Waals surface area contributed by atoms with Crippen molar-refractivity contribution in [2.24, 2.45) is 17.0 Å². The van der Waals surface area contributed by atoms with Gasteiger partial charge >= 0.3 is 5.97 Å². The lowest BCUT2D eigenvalue weighted by atomic mass is 9.80. The van der Waals surface area contributed by atoms with Crippen molar-refractivity contribution in [2.75, 3.05) is 6.54 Å².